The number of fused-ring (bicyclic) bond motifs is 1. The average molecular weight is 415 g/mol. The topological polar surface area (TPSA) is 79.0 Å². The molecule has 1 fully saturated rings. The van der Waals surface area contributed by atoms with Crippen molar-refractivity contribution in [3.63, 3.8) is 0 Å². The number of aromatic amines is 1. The molecule has 1 aliphatic heterocycles. The Morgan fingerprint density at radius 2 is 1.93 bits per heavy atom. The molecule has 7 heteroatoms. The second-order valence-electron chi connectivity index (χ2n) is 7.00. The van der Waals surface area contributed by atoms with Gasteiger partial charge in [0.15, 0.2) is 9.84 Å². The van der Waals surface area contributed by atoms with Gasteiger partial charge in [0.25, 0.3) is 5.91 Å². The van der Waals surface area contributed by atoms with E-state index < -0.39 is 9.84 Å². The summed E-state index contributed by atoms with van der Waals surface area (Å²) in [6.07, 6.45) is 3.37. The van der Waals surface area contributed by atoms with Gasteiger partial charge in [-0.25, -0.2) is 8.42 Å². The average Bonchev–Trinajstić information content (AvgIpc) is 3.25. The molecule has 0 radical (unpaired) electrons. The normalized spacial score (nSPS) is 18.4. The van der Waals surface area contributed by atoms with E-state index in [2.05, 4.69) is 16.4 Å². The first-order chi connectivity index (χ1) is 13.5. The Labute approximate surface area is 168 Å². The van der Waals surface area contributed by atoms with Crippen molar-refractivity contribution in [1.29, 1.82) is 0 Å². The zero-order valence-corrected chi connectivity index (χ0v) is 17.0. The number of nitrogens with one attached hydrogen (secondary N) is 2. The Morgan fingerprint density at radius 1 is 1.14 bits per heavy atom. The first-order valence-corrected chi connectivity index (χ1v) is 12.0. The van der Waals surface area contributed by atoms with Gasteiger partial charge in [-0.3, -0.25) is 4.79 Å². The molecule has 1 amide bonds. The van der Waals surface area contributed by atoms with Gasteiger partial charge < -0.3 is 10.3 Å². The Morgan fingerprint density at radius 3 is 2.75 bits per heavy atom. The lowest BCUT2D eigenvalue weighted by Crippen LogP contribution is -2.26. The number of benzene rings is 2. The number of aromatic nitrogens is 1. The molecule has 2 N–H and O–H groups in total. The van der Waals surface area contributed by atoms with Crippen LogP contribution in [-0.2, 0) is 16.3 Å². The van der Waals surface area contributed by atoms with E-state index >= 15 is 0 Å². The molecule has 4 rings (SSSR count). The number of H-pyrrole nitrogens is 1. The summed E-state index contributed by atoms with van der Waals surface area (Å²) < 4.78 is 23.4. The molecular formula is C21H22N2O3S2. The van der Waals surface area contributed by atoms with E-state index in [1.807, 2.05) is 42.6 Å². The van der Waals surface area contributed by atoms with Crippen LogP contribution < -0.4 is 5.32 Å². The summed E-state index contributed by atoms with van der Waals surface area (Å²) in [4.78, 5) is 16.8. The molecule has 1 aromatic heterocycles. The fourth-order valence-corrected chi connectivity index (χ4v) is 7.16. The maximum absolute atomic E-state index is 12.7. The first-order valence-electron chi connectivity index (χ1n) is 9.31. The highest BCUT2D eigenvalue weighted by molar-refractivity contribution is 8.02. The minimum absolute atomic E-state index is 0.0187. The molecule has 0 bridgehead atoms. The van der Waals surface area contributed by atoms with Crippen molar-refractivity contribution in [1.82, 2.24) is 10.3 Å². The van der Waals surface area contributed by atoms with Gasteiger partial charge in [-0.05, 0) is 36.6 Å². The van der Waals surface area contributed by atoms with Crippen LogP contribution in [0.15, 0.2) is 59.6 Å². The molecule has 0 aliphatic carbocycles. The molecule has 5 nitrogen and oxygen atoms in total. The van der Waals surface area contributed by atoms with E-state index in [0.29, 0.717) is 18.5 Å². The number of amides is 1. The van der Waals surface area contributed by atoms with E-state index in [-0.39, 0.29) is 22.7 Å². The summed E-state index contributed by atoms with van der Waals surface area (Å²) in [5, 5.41) is 4.19. The minimum atomic E-state index is -2.93. The summed E-state index contributed by atoms with van der Waals surface area (Å²) in [5.74, 6) is 0.307. The minimum Gasteiger partial charge on any atom is -0.361 e. The highest BCUT2D eigenvalue weighted by atomic mass is 32.2. The van der Waals surface area contributed by atoms with Crippen LogP contribution in [0.1, 0.15) is 22.3 Å². The van der Waals surface area contributed by atoms with Crippen LogP contribution in [0.3, 0.4) is 0 Å². The van der Waals surface area contributed by atoms with Gasteiger partial charge >= 0.3 is 0 Å². The molecule has 1 saturated heterocycles. The largest absolute Gasteiger partial charge is 0.361 e. The van der Waals surface area contributed by atoms with Gasteiger partial charge in [0.05, 0.1) is 17.1 Å². The van der Waals surface area contributed by atoms with E-state index in [1.165, 1.54) is 22.7 Å². The lowest BCUT2D eigenvalue weighted by Gasteiger charge is -2.12. The number of carbonyl (C=O) groups excluding carboxylic acids is 1. The number of rotatable bonds is 6. The van der Waals surface area contributed by atoms with Gasteiger partial charge in [-0.2, -0.15) is 0 Å². The SMILES string of the molecule is O=C(NCCc1c[nH]c2ccccc12)c1ccccc1S[C@@H]1CCS(=O)(=O)C1. The summed E-state index contributed by atoms with van der Waals surface area (Å²) in [6.45, 7) is 0.539. The van der Waals surface area contributed by atoms with Crippen molar-refractivity contribution in [2.45, 2.75) is 23.0 Å². The molecular weight excluding hydrogens is 392 g/mol. The summed E-state index contributed by atoms with van der Waals surface area (Å²) in [7, 11) is -2.93. The fourth-order valence-electron chi connectivity index (χ4n) is 3.53. The van der Waals surface area contributed by atoms with Crippen molar-refractivity contribution in [2.24, 2.45) is 0 Å². The maximum Gasteiger partial charge on any atom is 0.252 e. The number of thioether (sulfide) groups is 1. The molecule has 0 spiro atoms. The van der Waals surface area contributed by atoms with Crippen LogP contribution in [0.5, 0.6) is 0 Å². The molecule has 2 aromatic carbocycles. The van der Waals surface area contributed by atoms with Crippen LogP contribution in [0.4, 0.5) is 0 Å². The first kappa shape index (κ1) is 19.1. The zero-order chi connectivity index (χ0) is 19.6. The monoisotopic (exact) mass is 414 g/mol. The van der Waals surface area contributed by atoms with Crippen LogP contribution in [-0.4, -0.2) is 42.6 Å². The van der Waals surface area contributed by atoms with Gasteiger partial charge in [0, 0.05) is 33.8 Å². The second kappa shape index (κ2) is 8.01. The highest BCUT2D eigenvalue weighted by Crippen LogP contribution is 2.33. The summed E-state index contributed by atoms with van der Waals surface area (Å²) >= 11 is 1.50. The van der Waals surface area contributed by atoms with Crippen LogP contribution in [0, 0.1) is 0 Å². The quantitative estimate of drug-likeness (QED) is 0.648. The third-order valence-corrected chi connectivity index (χ3v) is 8.30. The number of sulfone groups is 1. The third-order valence-electron chi connectivity index (χ3n) is 4.97. The van der Waals surface area contributed by atoms with E-state index in [9.17, 15) is 13.2 Å². The molecule has 2 heterocycles. The van der Waals surface area contributed by atoms with Gasteiger partial charge in [-0.15, -0.1) is 11.8 Å². The van der Waals surface area contributed by atoms with Gasteiger partial charge in [0.1, 0.15) is 0 Å². The van der Waals surface area contributed by atoms with Crippen molar-refractivity contribution in [3.8, 4) is 0 Å². The predicted octanol–water partition coefficient (Wildman–Crippen LogP) is 3.42. The summed E-state index contributed by atoms with van der Waals surface area (Å²) in [5.41, 5.74) is 2.88. The van der Waals surface area contributed by atoms with Crippen LogP contribution in [0.2, 0.25) is 0 Å². The zero-order valence-electron chi connectivity index (χ0n) is 15.4. The van der Waals surface area contributed by atoms with E-state index in [0.717, 1.165) is 16.8 Å². The third kappa shape index (κ3) is 4.25. The molecule has 1 atom stereocenters. The number of hydrogen-bond donors (Lipinski definition) is 2. The van der Waals surface area contributed by atoms with Crippen molar-refractivity contribution >= 4 is 38.4 Å². The van der Waals surface area contributed by atoms with E-state index in [1.54, 1.807) is 6.07 Å². The Kier molecular flexibility index (Phi) is 5.46. The Balaban J connectivity index is 1.39. The smallest absolute Gasteiger partial charge is 0.252 e. The van der Waals surface area contributed by atoms with Crippen molar-refractivity contribution in [2.75, 3.05) is 18.1 Å². The fraction of sp³-hybridized carbons (Fsp3) is 0.286. The second-order valence-corrected chi connectivity index (χ2v) is 10.6. The number of para-hydroxylation sites is 1. The Bertz CT molecular complexity index is 1110. The predicted molar refractivity (Wildman–Crippen MR) is 114 cm³/mol. The number of hydrogen-bond acceptors (Lipinski definition) is 4. The van der Waals surface area contributed by atoms with Gasteiger partial charge in [0.2, 0.25) is 0 Å². The molecule has 1 aliphatic rings. The molecule has 3 aromatic rings. The lowest BCUT2D eigenvalue weighted by molar-refractivity contribution is 0.0951. The number of carbonyl (C=O) groups is 1. The van der Waals surface area contributed by atoms with Crippen molar-refractivity contribution in [3.05, 3.63) is 65.9 Å². The Hall–Kier alpha value is -2.25. The van der Waals surface area contributed by atoms with Crippen LogP contribution >= 0.6 is 11.8 Å². The molecule has 0 unspecified atom stereocenters. The van der Waals surface area contributed by atoms with Crippen LogP contribution in [0.25, 0.3) is 10.9 Å². The van der Waals surface area contributed by atoms with Gasteiger partial charge in [-0.1, -0.05) is 30.3 Å². The lowest BCUT2D eigenvalue weighted by atomic mass is 10.1. The molecule has 0 saturated carbocycles. The standard InChI is InChI=1S/C21H22N2O3S2/c24-21(22-11-9-15-13-23-19-7-3-1-5-17(15)19)18-6-2-4-8-20(18)27-16-10-12-28(25,26)14-16/h1-8,13,16,23H,9-12,14H2,(H,22,24)/t16-/m1/s1. The van der Waals surface area contributed by atoms with Crippen molar-refractivity contribution < 1.29 is 13.2 Å². The summed E-state index contributed by atoms with van der Waals surface area (Å²) in [6, 6.07) is 15.5. The molecule has 28 heavy (non-hydrogen) atoms. The van der Waals surface area contributed by atoms with E-state index in [4.69, 9.17) is 0 Å². The highest BCUT2D eigenvalue weighted by Gasteiger charge is 2.29. The molecule has 146 valence electrons. The maximum atomic E-state index is 12.7.